The first kappa shape index (κ1) is 17.7. The molecule has 0 spiro atoms. The second-order valence-electron chi connectivity index (χ2n) is 7.33. The predicted octanol–water partition coefficient (Wildman–Crippen LogP) is 2.77. The van der Waals surface area contributed by atoms with E-state index in [0.29, 0.717) is 6.04 Å². The Hall–Kier alpha value is -1.10. The molecular formula is C20H33N3O. The molecule has 0 aromatic heterocycles. The van der Waals surface area contributed by atoms with Crippen molar-refractivity contribution in [2.45, 2.75) is 39.3 Å². The number of rotatable bonds is 5. The van der Waals surface area contributed by atoms with Crippen LogP contribution >= 0.6 is 0 Å². The SMILES string of the molecule is CCOc1cc2c(cc1CN1CCN(C)CC1)CCN(C)C2CC. The zero-order chi connectivity index (χ0) is 17.1. The Balaban J connectivity index is 1.85. The monoisotopic (exact) mass is 331 g/mol. The van der Waals surface area contributed by atoms with Gasteiger partial charge in [0.2, 0.25) is 0 Å². The lowest BCUT2D eigenvalue weighted by Crippen LogP contribution is -2.44. The van der Waals surface area contributed by atoms with E-state index >= 15 is 0 Å². The van der Waals surface area contributed by atoms with Gasteiger partial charge in [0.15, 0.2) is 0 Å². The van der Waals surface area contributed by atoms with Crippen LogP contribution in [0.3, 0.4) is 0 Å². The molecule has 0 amide bonds. The summed E-state index contributed by atoms with van der Waals surface area (Å²) in [5.74, 6) is 1.10. The molecule has 1 atom stereocenters. The molecule has 0 saturated carbocycles. The highest BCUT2D eigenvalue weighted by Crippen LogP contribution is 2.36. The molecule has 0 N–H and O–H groups in total. The average molecular weight is 332 g/mol. The minimum Gasteiger partial charge on any atom is -0.494 e. The highest BCUT2D eigenvalue weighted by Gasteiger charge is 2.26. The standard InChI is InChI=1S/C20H33N3O/c1-5-19-18-14-20(24-6-2)17(13-16(18)7-8-22(19)4)15-23-11-9-21(3)10-12-23/h13-14,19H,5-12,15H2,1-4H3. The molecular weight excluding hydrogens is 298 g/mol. The van der Waals surface area contributed by atoms with Crippen molar-refractivity contribution >= 4 is 0 Å². The van der Waals surface area contributed by atoms with Gasteiger partial charge in [-0.15, -0.1) is 0 Å². The van der Waals surface area contributed by atoms with Crippen molar-refractivity contribution in [3.8, 4) is 5.75 Å². The number of hydrogen-bond donors (Lipinski definition) is 0. The van der Waals surface area contributed by atoms with Gasteiger partial charge >= 0.3 is 0 Å². The molecule has 4 nitrogen and oxygen atoms in total. The summed E-state index contributed by atoms with van der Waals surface area (Å²) >= 11 is 0. The molecule has 2 aliphatic heterocycles. The van der Waals surface area contributed by atoms with Gasteiger partial charge in [0.1, 0.15) is 5.75 Å². The average Bonchev–Trinajstić information content (AvgIpc) is 2.58. The van der Waals surface area contributed by atoms with Gasteiger partial charge in [-0.05, 0) is 51.1 Å². The van der Waals surface area contributed by atoms with Crippen molar-refractivity contribution in [2.24, 2.45) is 0 Å². The van der Waals surface area contributed by atoms with E-state index < -0.39 is 0 Å². The van der Waals surface area contributed by atoms with Gasteiger partial charge < -0.3 is 9.64 Å². The molecule has 1 unspecified atom stereocenters. The van der Waals surface area contributed by atoms with Crippen LogP contribution in [0.4, 0.5) is 0 Å². The minimum absolute atomic E-state index is 0.533. The Bertz CT molecular complexity index is 552. The molecule has 0 aliphatic carbocycles. The van der Waals surface area contributed by atoms with Crippen molar-refractivity contribution in [3.05, 3.63) is 28.8 Å². The van der Waals surface area contributed by atoms with Crippen molar-refractivity contribution in [1.82, 2.24) is 14.7 Å². The minimum atomic E-state index is 0.533. The molecule has 1 fully saturated rings. The predicted molar refractivity (Wildman–Crippen MR) is 99.8 cm³/mol. The number of piperazine rings is 1. The van der Waals surface area contributed by atoms with Crippen LogP contribution in [0.15, 0.2) is 12.1 Å². The first-order chi connectivity index (χ1) is 11.6. The summed E-state index contributed by atoms with van der Waals surface area (Å²) in [5.41, 5.74) is 4.39. The largest absolute Gasteiger partial charge is 0.494 e. The molecule has 1 aromatic rings. The smallest absolute Gasteiger partial charge is 0.124 e. The van der Waals surface area contributed by atoms with E-state index in [-0.39, 0.29) is 0 Å². The van der Waals surface area contributed by atoms with Gasteiger partial charge in [0, 0.05) is 50.9 Å². The summed E-state index contributed by atoms with van der Waals surface area (Å²) in [6, 6.07) is 5.31. The Labute approximate surface area is 147 Å². The molecule has 4 heteroatoms. The van der Waals surface area contributed by atoms with Gasteiger partial charge in [-0.2, -0.15) is 0 Å². The summed E-state index contributed by atoms with van der Waals surface area (Å²) in [6.45, 7) is 11.9. The zero-order valence-electron chi connectivity index (χ0n) is 15.8. The highest BCUT2D eigenvalue weighted by molar-refractivity contribution is 5.45. The summed E-state index contributed by atoms with van der Waals surface area (Å²) in [7, 11) is 4.46. The fourth-order valence-corrected chi connectivity index (χ4v) is 4.10. The van der Waals surface area contributed by atoms with Crippen LogP contribution in [-0.2, 0) is 13.0 Å². The van der Waals surface area contributed by atoms with Crippen LogP contribution in [0.1, 0.15) is 43.0 Å². The summed E-state index contributed by atoms with van der Waals surface area (Å²) in [4.78, 5) is 7.46. The van der Waals surface area contributed by atoms with Gasteiger partial charge in [-0.25, -0.2) is 0 Å². The lowest BCUT2D eigenvalue weighted by molar-refractivity contribution is 0.146. The molecule has 0 radical (unpaired) electrons. The quantitative estimate of drug-likeness (QED) is 0.826. The normalized spacial score (nSPS) is 23.2. The van der Waals surface area contributed by atoms with Crippen LogP contribution in [0.25, 0.3) is 0 Å². The van der Waals surface area contributed by atoms with E-state index in [1.165, 1.54) is 16.7 Å². The van der Waals surface area contributed by atoms with Crippen LogP contribution in [-0.4, -0.2) is 68.1 Å². The number of ether oxygens (including phenoxy) is 1. The van der Waals surface area contributed by atoms with E-state index in [9.17, 15) is 0 Å². The Morgan fingerprint density at radius 2 is 1.79 bits per heavy atom. The zero-order valence-corrected chi connectivity index (χ0v) is 15.8. The van der Waals surface area contributed by atoms with Crippen LogP contribution < -0.4 is 4.74 Å². The maximum atomic E-state index is 6.04. The molecule has 2 heterocycles. The lowest BCUT2D eigenvalue weighted by atomic mass is 9.89. The summed E-state index contributed by atoms with van der Waals surface area (Å²) < 4.78 is 6.04. The molecule has 24 heavy (non-hydrogen) atoms. The maximum absolute atomic E-state index is 6.04. The van der Waals surface area contributed by atoms with E-state index in [4.69, 9.17) is 4.74 Å². The first-order valence-electron chi connectivity index (χ1n) is 9.52. The van der Waals surface area contributed by atoms with Crippen molar-refractivity contribution in [2.75, 3.05) is 53.4 Å². The van der Waals surface area contributed by atoms with Gasteiger partial charge in [0.25, 0.3) is 0 Å². The second kappa shape index (κ2) is 7.85. The van der Waals surface area contributed by atoms with E-state index in [0.717, 1.165) is 64.5 Å². The third kappa shape index (κ3) is 3.76. The molecule has 0 bridgehead atoms. The number of hydrogen-bond acceptors (Lipinski definition) is 4. The van der Waals surface area contributed by atoms with Crippen LogP contribution in [0.2, 0.25) is 0 Å². The molecule has 3 rings (SSSR count). The fraction of sp³-hybridized carbons (Fsp3) is 0.700. The van der Waals surface area contributed by atoms with Crippen molar-refractivity contribution in [3.63, 3.8) is 0 Å². The highest BCUT2D eigenvalue weighted by atomic mass is 16.5. The second-order valence-corrected chi connectivity index (χ2v) is 7.33. The third-order valence-electron chi connectivity index (χ3n) is 5.62. The number of fused-ring (bicyclic) bond motifs is 1. The number of nitrogens with zero attached hydrogens (tertiary/aromatic N) is 3. The Morgan fingerprint density at radius 3 is 2.46 bits per heavy atom. The van der Waals surface area contributed by atoms with Gasteiger partial charge in [-0.3, -0.25) is 9.80 Å². The maximum Gasteiger partial charge on any atom is 0.124 e. The molecule has 1 aromatic carbocycles. The Kier molecular flexibility index (Phi) is 5.80. The lowest BCUT2D eigenvalue weighted by Gasteiger charge is -2.36. The van der Waals surface area contributed by atoms with Crippen molar-refractivity contribution in [1.29, 1.82) is 0 Å². The Morgan fingerprint density at radius 1 is 1.04 bits per heavy atom. The summed E-state index contributed by atoms with van der Waals surface area (Å²) in [6.07, 6.45) is 2.32. The third-order valence-corrected chi connectivity index (χ3v) is 5.62. The summed E-state index contributed by atoms with van der Waals surface area (Å²) in [5, 5.41) is 0. The molecule has 2 aliphatic rings. The molecule has 1 saturated heterocycles. The van der Waals surface area contributed by atoms with Crippen molar-refractivity contribution < 1.29 is 4.74 Å². The van der Waals surface area contributed by atoms with E-state index in [1.54, 1.807) is 0 Å². The molecule has 134 valence electrons. The topological polar surface area (TPSA) is 19.0 Å². The first-order valence-corrected chi connectivity index (χ1v) is 9.52. The van der Waals surface area contributed by atoms with E-state index in [1.807, 2.05) is 0 Å². The van der Waals surface area contributed by atoms with E-state index in [2.05, 4.69) is 54.8 Å². The number of benzene rings is 1. The number of likely N-dealkylation sites (N-methyl/N-ethyl adjacent to an activating group) is 2. The fourth-order valence-electron chi connectivity index (χ4n) is 4.10. The van der Waals surface area contributed by atoms with Gasteiger partial charge in [-0.1, -0.05) is 13.0 Å². The van der Waals surface area contributed by atoms with Crippen LogP contribution in [0, 0.1) is 0 Å². The van der Waals surface area contributed by atoms with Gasteiger partial charge in [0.05, 0.1) is 6.61 Å². The van der Waals surface area contributed by atoms with Crippen LogP contribution in [0.5, 0.6) is 5.75 Å².